The molecule has 1 atom stereocenters. The molecule has 0 radical (unpaired) electrons. The topological polar surface area (TPSA) is 90.2 Å². The first-order chi connectivity index (χ1) is 12.8. The van der Waals surface area contributed by atoms with Crippen LogP contribution in [0.4, 0.5) is 5.00 Å². The van der Waals surface area contributed by atoms with Crippen LogP contribution in [0.15, 0.2) is 24.3 Å². The number of aliphatic carboxylic acids is 1. The average Bonchev–Trinajstić information content (AvgIpc) is 2.89. The Kier molecular flexibility index (Phi) is 7.14. The summed E-state index contributed by atoms with van der Waals surface area (Å²) in [5.41, 5.74) is 3.52. The lowest BCUT2D eigenvalue weighted by Crippen LogP contribution is -2.16. The largest absolute Gasteiger partial charge is 0.481 e. The third-order valence-corrected chi connectivity index (χ3v) is 5.31. The maximum Gasteiger partial charge on any atom is 0.303 e. The molecular formula is C21H24N2O3S. The summed E-state index contributed by atoms with van der Waals surface area (Å²) in [5, 5.41) is 21.8. The molecule has 2 aromatic rings. The van der Waals surface area contributed by atoms with Crippen LogP contribution in [-0.2, 0) is 16.0 Å². The van der Waals surface area contributed by atoms with E-state index >= 15 is 0 Å². The van der Waals surface area contributed by atoms with Crippen LogP contribution in [0.25, 0.3) is 11.1 Å². The normalized spacial score (nSPS) is 11.6. The molecule has 5 nitrogen and oxygen atoms in total. The van der Waals surface area contributed by atoms with Crippen molar-refractivity contribution in [2.45, 2.75) is 46.5 Å². The molecule has 1 amide bonds. The van der Waals surface area contributed by atoms with Crippen molar-refractivity contribution in [3.8, 4) is 17.2 Å². The van der Waals surface area contributed by atoms with E-state index in [0.29, 0.717) is 10.6 Å². The van der Waals surface area contributed by atoms with Crippen LogP contribution >= 0.6 is 11.3 Å². The summed E-state index contributed by atoms with van der Waals surface area (Å²) in [6.45, 7) is 5.79. The lowest BCUT2D eigenvalue weighted by atomic mass is 9.99. The first kappa shape index (κ1) is 20.7. The van der Waals surface area contributed by atoms with E-state index in [9.17, 15) is 14.9 Å². The summed E-state index contributed by atoms with van der Waals surface area (Å²) < 4.78 is 0. The fourth-order valence-corrected chi connectivity index (χ4v) is 4.12. The predicted octanol–water partition coefficient (Wildman–Crippen LogP) is 4.99. The van der Waals surface area contributed by atoms with Gasteiger partial charge in [-0.1, -0.05) is 44.5 Å². The van der Waals surface area contributed by atoms with Crippen LogP contribution < -0.4 is 5.32 Å². The lowest BCUT2D eigenvalue weighted by Gasteiger charge is -2.09. The Morgan fingerprint density at radius 3 is 2.48 bits per heavy atom. The highest BCUT2D eigenvalue weighted by atomic mass is 32.1. The number of carboxylic acids is 1. The summed E-state index contributed by atoms with van der Waals surface area (Å²) in [7, 11) is 0. The summed E-state index contributed by atoms with van der Waals surface area (Å²) in [6, 6.07) is 10.4. The third kappa shape index (κ3) is 5.41. The van der Waals surface area contributed by atoms with Crippen molar-refractivity contribution in [3.63, 3.8) is 0 Å². The molecule has 0 spiro atoms. The van der Waals surface area contributed by atoms with Crippen molar-refractivity contribution >= 4 is 28.2 Å². The monoisotopic (exact) mass is 384 g/mol. The van der Waals surface area contributed by atoms with Gasteiger partial charge < -0.3 is 10.4 Å². The van der Waals surface area contributed by atoms with Crippen LogP contribution in [-0.4, -0.2) is 17.0 Å². The predicted molar refractivity (Wildman–Crippen MR) is 108 cm³/mol. The molecule has 2 rings (SSSR count). The van der Waals surface area contributed by atoms with Crippen molar-refractivity contribution in [1.82, 2.24) is 0 Å². The number of aryl methyl sites for hydroxylation is 2. The van der Waals surface area contributed by atoms with E-state index in [0.717, 1.165) is 28.8 Å². The zero-order chi connectivity index (χ0) is 20.0. The second kappa shape index (κ2) is 9.33. The molecule has 0 aliphatic rings. The Morgan fingerprint density at radius 1 is 1.26 bits per heavy atom. The number of carbonyl (C=O) groups is 2. The third-order valence-electron chi connectivity index (χ3n) is 4.29. The first-order valence-corrected chi connectivity index (χ1v) is 9.81. The van der Waals surface area contributed by atoms with Gasteiger partial charge in [0.05, 0.1) is 5.56 Å². The van der Waals surface area contributed by atoms with Gasteiger partial charge in [-0.3, -0.25) is 9.59 Å². The van der Waals surface area contributed by atoms with E-state index in [1.807, 2.05) is 19.1 Å². The van der Waals surface area contributed by atoms with Gasteiger partial charge in [-0.2, -0.15) is 5.26 Å². The molecule has 0 aliphatic heterocycles. The van der Waals surface area contributed by atoms with Crippen molar-refractivity contribution in [1.29, 1.82) is 5.26 Å². The number of benzene rings is 1. The maximum atomic E-state index is 12.2. The Balaban J connectivity index is 2.23. The van der Waals surface area contributed by atoms with Gasteiger partial charge in [-0.05, 0) is 30.4 Å². The number of anilines is 1. The number of amides is 1. The molecule has 1 unspecified atom stereocenters. The quantitative estimate of drug-likeness (QED) is 0.671. The number of carboxylic acid groups (broad SMARTS) is 1. The first-order valence-electron chi connectivity index (χ1n) is 9.00. The minimum absolute atomic E-state index is 0.0582. The summed E-state index contributed by atoms with van der Waals surface area (Å²) in [6.07, 6.45) is 2.15. The number of rotatable bonds is 8. The summed E-state index contributed by atoms with van der Waals surface area (Å²) in [4.78, 5) is 23.9. The zero-order valence-electron chi connectivity index (χ0n) is 15.8. The summed E-state index contributed by atoms with van der Waals surface area (Å²) >= 11 is 1.37. The van der Waals surface area contributed by atoms with E-state index in [-0.39, 0.29) is 24.7 Å². The van der Waals surface area contributed by atoms with Crippen LogP contribution in [0, 0.1) is 24.2 Å². The second-order valence-electron chi connectivity index (χ2n) is 6.75. The minimum Gasteiger partial charge on any atom is -0.481 e. The maximum absolute atomic E-state index is 12.2. The lowest BCUT2D eigenvalue weighted by molar-refractivity contribution is -0.138. The molecule has 1 aromatic carbocycles. The Labute approximate surface area is 163 Å². The molecule has 0 fully saturated rings. The Morgan fingerprint density at radius 2 is 1.93 bits per heavy atom. The highest BCUT2D eigenvalue weighted by molar-refractivity contribution is 7.17. The number of nitrogens with zero attached hydrogens (tertiary/aromatic N) is 1. The van der Waals surface area contributed by atoms with Crippen LogP contribution in [0.1, 0.15) is 49.1 Å². The SMILES string of the molecule is CCCc1ccc(-c2c(C)sc(NC(=O)CC(C)CC(=O)O)c2C#N)cc1. The van der Waals surface area contributed by atoms with Crippen LogP contribution in [0.2, 0.25) is 0 Å². The minimum atomic E-state index is -0.922. The fourth-order valence-electron chi connectivity index (χ4n) is 3.08. The smallest absolute Gasteiger partial charge is 0.303 e. The molecule has 1 aromatic heterocycles. The number of nitrogens with one attached hydrogen (secondary N) is 1. The molecule has 0 aliphatic carbocycles. The molecule has 0 saturated carbocycles. The summed E-state index contributed by atoms with van der Waals surface area (Å²) in [5.74, 6) is -1.46. The highest BCUT2D eigenvalue weighted by Gasteiger charge is 2.20. The highest BCUT2D eigenvalue weighted by Crippen LogP contribution is 2.39. The van der Waals surface area contributed by atoms with Gasteiger partial charge in [0.2, 0.25) is 5.91 Å². The van der Waals surface area contributed by atoms with Crippen molar-refractivity contribution in [2.24, 2.45) is 5.92 Å². The average molecular weight is 385 g/mol. The number of carbonyl (C=O) groups excluding carboxylic acids is 1. The molecule has 27 heavy (non-hydrogen) atoms. The van der Waals surface area contributed by atoms with Crippen molar-refractivity contribution in [3.05, 3.63) is 40.3 Å². The number of hydrogen-bond donors (Lipinski definition) is 2. The van der Waals surface area contributed by atoms with E-state index in [1.165, 1.54) is 16.9 Å². The molecule has 1 heterocycles. The van der Waals surface area contributed by atoms with Gasteiger partial charge in [0.1, 0.15) is 11.1 Å². The standard InChI is InChI=1S/C21H24N2O3S/c1-4-5-15-6-8-16(9-7-15)20-14(3)27-21(17(20)12-22)23-18(24)10-13(2)11-19(25)26/h6-9,13H,4-5,10-11H2,1-3H3,(H,23,24)(H,25,26). The van der Waals surface area contributed by atoms with Gasteiger partial charge in [0.25, 0.3) is 0 Å². The van der Waals surface area contributed by atoms with E-state index in [1.54, 1.807) is 6.92 Å². The molecule has 6 heteroatoms. The van der Waals surface area contributed by atoms with Gasteiger partial charge in [0.15, 0.2) is 0 Å². The van der Waals surface area contributed by atoms with E-state index in [4.69, 9.17) is 5.11 Å². The number of hydrogen-bond acceptors (Lipinski definition) is 4. The van der Waals surface area contributed by atoms with E-state index < -0.39 is 5.97 Å². The van der Waals surface area contributed by atoms with Gasteiger partial charge >= 0.3 is 5.97 Å². The van der Waals surface area contributed by atoms with Crippen LogP contribution in [0.5, 0.6) is 0 Å². The van der Waals surface area contributed by atoms with Crippen LogP contribution in [0.3, 0.4) is 0 Å². The van der Waals surface area contributed by atoms with Crippen molar-refractivity contribution < 1.29 is 14.7 Å². The molecular weight excluding hydrogens is 360 g/mol. The van der Waals surface area contributed by atoms with Crippen molar-refractivity contribution in [2.75, 3.05) is 5.32 Å². The van der Waals surface area contributed by atoms with Gasteiger partial charge in [0, 0.05) is 23.3 Å². The molecule has 0 saturated heterocycles. The zero-order valence-corrected chi connectivity index (χ0v) is 16.7. The van der Waals surface area contributed by atoms with E-state index in [2.05, 4.69) is 30.4 Å². The Hall–Kier alpha value is -2.65. The number of thiophene rings is 1. The Bertz CT molecular complexity index is 863. The molecule has 142 valence electrons. The fraction of sp³-hybridized carbons (Fsp3) is 0.381. The number of nitriles is 1. The second-order valence-corrected chi connectivity index (χ2v) is 7.98. The van der Waals surface area contributed by atoms with Gasteiger partial charge in [-0.15, -0.1) is 11.3 Å². The van der Waals surface area contributed by atoms with Gasteiger partial charge in [-0.25, -0.2) is 0 Å². The molecule has 0 bridgehead atoms. The molecule has 2 N–H and O–H groups in total.